The second-order valence-corrected chi connectivity index (χ2v) is 2.40. The summed E-state index contributed by atoms with van der Waals surface area (Å²) in [5.74, 6) is -1.74. The van der Waals surface area contributed by atoms with Gasteiger partial charge in [-0.05, 0) is 6.92 Å². The van der Waals surface area contributed by atoms with Crippen molar-refractivity contribution in [3.8, 4) is 0 Å². The van der Waals surface area contributed by atoms with Gasteiger partial charge in [-0.3, -0.25) is 9.59 Å². The first-order valence-electron chi connectivity index (χ1n) is 3.57. The predicted molar refractivity (Wildman–Crippen MR) is 40.1 cm³/mol. The van der Waals surface area contributed by atoms with Crippen LogP contribution in [0.5, 0.6) is 0 Å². The Labute approximate surface area is 65.6 Å². The third-order valence-electron chi connectivity index (χ3n) is 1.29. The van der Waals surface area contributed by atoms with Crippen LogP contribution >= 0.6 is 0 Å². The minimum absolute atomic E-state index is 0.0587. The summed E-state index contributed by atoms with van der Waals surface area (Å²) in [6, 6.07) is 0. The lowest BCUT2D eigenvalue weighted by atomic mass is 10.1. The van der Waals surface area contributed by atoms with Gasteiger partial charge in [-0.25, -0.2) is 0 Å². The average Bonchev–Trinajstić information content (AvgIpc) is 1.87. The van der Waals surface area contributed by atoms with Crippen LogP contribution in [0.1, 0.15) is 20.3 Å². The maximum absolute atomic E-state index is 10.8. The van der Waals surface area contributed by atoms with E-state index in [0.717, 1.165) is 0 Å². The largest absolute Gasteiger partial charge is 0.481 e. The summed E-state index contributed by atoms with van der Waals surface area (Å²) in [4.78, 5) is 21.0. The van der Waals surface area contributed by atoms with Crippen molar-refractivity contribution in [3.63, 3.8) is 0 Å². The standard InChI is InChI=1S/C7H13NO3/c1-3-8-6(9)4-5(2)7(10)11/h5H,3-4H2,1-2H3,(H,8,9)(H,10,11). The van der Waals surface area contributed by atoms with Crippen LogP contribution in [0.2, 0.25) is 0 Å². The van der Waals surface area contributed by atoms with E-state index in [1.54, 1.807) is 6.92 Å². The highest BCUT2D eigenvalue weighted by Crippen LogP contribution is 2.00. The first-order chi connectivity index (χ1) is 5.07. The Morgan fingerprint density at radius 1 is 1.55 bits per heavy atom. The molecule has 0 aliphatic rings. The van der Waals surface area contributed by atoms with E-state index in [0.29, 0.717) is 6.54 Å². The molecule has 0 fully saturated rings. The van der Waals surface area contributed by atoms with Crippen LogP contribution in [0.15, 0.2) is 0 Å². The van der Waals surface area contributed by atoms with Crippen LogP contribution in [0.25, 0.3) is 0 Å². The first-order valence-corrected chi connectivity index (χ1v) is 3.57. The van der Waals surface area contributed by atoms with Gasteiger partial charge in [0.1, 0.15) is 0 Å². The Morgan fingerprint density at radius 3 is 2.45 bits per heavy atom. The minimum Gasteiger partial charge on any atom is -0.481 e. The maximum Gasteiger partial charge on any atom is 0.306 e. The number of nitrogens with one attached hydrogen (secondary N) is 1. The molecule has 1 amide bonds. The van der Waals surface area contributed by atoms with Gasteiger partial charge < -0.3 is 10.4 Å². The Balaban J connectivity index is 3.66. The van der Waals surface area contributed by atoms with E-state index in [-0.39, 0.29) is 12.3 Å². The molecule has 0 aromatic carbocycles. The molecule has 64 valence electrons. The SMILES string of the molecule is CCNC(=O)CC(C)C(=O)O. The number of carbonyl (C=O) groups excluding carboxylic acids is 1. The van der Waals surface area contributed by atoms with Crippen molar-refractivity contribution in [2.24, 2.45) is 5.92 Å². The number of aliphatic carboxylic acids is 1. The van der Waals surface area contributed by atoms with Crippen LogP contribution in [0.4, 0.5) is 0 Å². The molecular weight excluding hydrogens is 146 g/mol. The van der Waals surface area contributed by atoms with Crippen molar-refractivity contribution in [2.45, 2.75) is 20.3 Å². The summed E-state index contributed by atoms with van der Waals surface area (Å²) in [5, 5.41) is 10.9. The van der Waals surface area contributed by atoms with Crippen molar-refractivity contribution in [2.75, 3.05) is 6.54 Å². The third kappa shape index (κ3) is 4.36. The molecule has 2 N–H and O–H groups in total. The number of rotatable bonds is 4. The van der Waals surface area contributed by atoms with Gasteiger partial charge in [-0.1, -0.05) is 6.92 Å². The van der Waals surface area contributed by atoms with E-state index in [1.807, 2.05) is 0 Å². The fraction of sp³-hybridized carbons (Fsp3) is 0.714. The molecular formula is C7H13NO3. The summed E-state index contributed by atoms with van der Waals surface area (Å²) in [5.41, 5.74) is 0. The van der Waals surface area contributed by atoms with Gasteiger partial charge in [-0.2, -0.15) is 0 Å². The lowest BCUT2D eigenvalue weighted by Gasteiger charge is -2.04. The van der Waals surface area contributed by atoms with Crippen molar-refractivity contribution in [3.05, 3.63) is 0 Å². The summed E-state index contributed by atoms with van der Waals surface area (Å²) in [6.07, 6.45) is 0.0587. The van der Waals surface area contributed by atoms with Crippen LogP contribution in [0.3, 0.4) is 0 Å². The van der Waals surface area contributed by atoms with Crippen LogP contribution in [0, 0.1) is 5.92 Å². The highest BCUT2D eigenvalue weighted by Gasteiger charge is 2.14. The number of hydrogen-bond acceptors (Lipinski definition) is 2. The van der Waals surface area contributed by atoms with Gasteiger partial charge >= 0.3 is 5.97 Å². The van der Waals surface area contributed by atoms with Crippen molar-refractivity contribution >= 4 is 11.9 Å². The molecule has 0 saturated heterocycles. The Morgan fingerprint density at radius 2 is 2.09 bits per heavy atom. The highest BCUT2D eigenvalue weighted by atomic mass is 16.4. The topological polar surface area (TPSA) is 66.4 Å². The zero-order chi connectivity index (χ0) is 8.85. The highest BCUT2D eigenvalue weighted by molar-refractivity contribution is 5.81. The van der Waals surface area contributed by atoms with Crippen LogP contribution < -0.4 is 5.32 Å². The zero-order valence-corrected chi connectivity index (χ0v) is 6.76. The Kier molecular flexibility index (Phi) is 4.26. The lowest BCUT2D eigenvalue weighted by molar-refractivity contribution is -0.143. The number of hydrogen-bond donors (Lipinski definition) is 2. The van der Waals surface area contributed by atoms with Gasteiger partial charge in [0.25, 0.3) is 0 Å². The average molecular weight is 159 g/mol. The first kappa shape index (κ1) is 9.94. The number of carboxylic acids is 1. The fourth-order valence-electron chi connectivity index (χ4n) is 0.635. The van der Waals surface area contributed by atoms with Crippen molar-refractivity contribution < 1.29 is 14.7 Å². The van der Waals surface area contributed by atoms with Gasteiger partial charge in [-0.15, -0.1) is 0 Å². The molecule has 1 atom stereocenters. The molecule has 0 radical (unpaired) electrons. The molecule has 0 aromatic heterocycles. The molecule has 0 spiro atoms. The van der Waals surface area contributed by atoms with E-state index in [2.05, 4.69) is 5.32 Å². The molecule has 4 nitrogen and oxygen atoms in total. The molecule has 11 heavy (non-hydrogen) atoms. The fourth-order valence-corrected chi connectivity index (χ4v) is 0.635. The zero-order valence-electron chi connectivity index (χ0n) is 6.76. The van der Waals surface area contributed by atoms with Gasteiger partial charge in [0, 0.05) is 13.0 Å². The smallest absolute Gasteiger partial charge is 0.306 e. The predicted octanol–water partition coefficient (Wildman–Crippen LogP) is 0.233. The molecule has 0 aliphatic carbocycles. The van der Waals surface area contributed by atoms with E-state index < -0.39 is 11.9 Å². The van der Waals surface area contributed by atoms with Gasteiger partial charge in [0.05, 0.1) is 5.92 Å². The normalized spacial score (nSPS) is 12.2. The molecule has 0 aliphatic heterocycles. The molecule has 1 unspecified atom stereocenters. The summed E-state index contributed by atoms with van der Waals surface area (Å²) >= 11 is 0. The molecule has 0 bridgehead atoms. The monoisotopic (exact) mass is 159 g/mol. The van der Waals surface area contributed by atoms with Crippen molar-refractivity contribution in [1.29, 1.82) is 0 Å². The van der Waals surface area contributed by atoms with E-state index >= 15 is 0 Å². The van der Waals surface area contributed by atoms with Crippen LogP contribution in [-0.2, 0) is 9.59 Å². The van der Waals surface area contributed by atoms with Gasteiger partial charge in [0.15, 0.2) is 0 Å². The number of carbonyl (C=O) groups is 2. The number of carboxylic acid groups (broad SMARTS) is 1. The lowest BCUT2D eigenvalue weighted by Crippen LogP contribution is -2.26. The second-order valence-electron chi connectivity index (χ2n) is 2.40. The van der Waals surface area contributed by atoms with Gasteiger partial charge in [0.2, 0.25) is 5.91 Å². The second kappa shape index (κ2) is 4.71. The van der Waals surface area contributed by atoms with Crippen LogP contribution in [-0.4, -0.2) is 23.5 Å². The van der Waals surface area contributed by atoms with E-state index in [1.165, 1.54) is 6.92 Å². The summed E-state index contributed by atoms with van der Waals surface area (Å²) in [6.45, 7) is 3.85. The maximum atomic E-state index is 10.8. The molecule has 0 heterocycles. The third-order valence-corrected chi connectivity index (χ3v) is 1.29. The molecule has 0 aromatic rings. The van der Waals surface area contributed by atoms with Crippen molar-refractivity contribution in [1.82, 2.24) is 5.32 Å². The quantitative estimate of drug-likeness (QED) is 0.617. The minimum atomic E-state index is -0.934. The van der Waals surface area contributed by atoms with E-state index in [4.69, 9.17) is 5.11 Å². The summed E-state index contributed by atoms with van der Waals surface area (Å²) in [7, 11) is 0. The summed E-state index contributed by atoms with van der Waals surface area (Å²) < 4.78 is 0. The molecule has 4 heteroatoms. The molecule has 0 rings (SSSR count). The Hall–Kier alpha value is -1.06. The van der Waals surface area contributed by atoms with E-state index in [9.17, 15) is 9.59 Å². The molecule has 0 saturated carbocycles. The number of amides is 1. The Bertz CT molecular complexity index is 156.